The van der Waals surface area contributed by atoms with Gasteiger partial charge in [-0.2, -0.15) is 10.1 Å². The van der Waals surface area contributed by atoms with Gasteiger partial charge in [0.2, 0.25) is 0 Å². The van der Waals surface area contributed by atoms with Crippen LogP contribution in [0.5, 0.6) is 0 Å². The van der Waals surface area contributed by atoms with Gasteiger partial charge in [-0.3, -0.25) is 19.3 Å². The van der Waals surface area contributed by atoms with Crippen molar-refractivity contribution in [1.29, 1.82) is 0 Å². The fourth-order valence-electron chi connectivity index (χ4n) is 1.91. The average Bonchev–Trinajstić information content (AvgIpc) is 3.28. The van der Waals surface area contributed by atoms with Crippen molar-refractivity contribution in [1.82, 2.24) is 40.5 Å². The van der Waals surface area contributed by atoms with E-state index in [1.807, 2.05) is 0 Å². The summed E-state index contributed by atoms with van der Waals surface area (Å²) in [7, 11) is 0. The molecule has 0 aliphatic rings. The molecule has 2 amide bonds. The Labute approximate surface area is 151 Å². The topological polar surface area (TPSA) is 141 Å². The Morgan fingerprint density at radius 2 is 1.96 bits per heavy atom. The zero-order chi connectivity index (χ0) is 18.4. The van der Waals surface area contributed by atoms with E-state index in [9.17, 15) is 9.59 Å². The summed E-state index contributed by atoms with van der Waals surface area (Å²) in [6.07, 6.45) is 7.31. The van der Waals surface area contributed by atoms with Crippen molar-refractivity contribution < 1.29 is 14.1 Å². The summed E-state index contributed by atoms with van der Waals surface area (Å²) in [4.78, 5) is 35.3. The van der Waals surface area contributed by atoms with E-state index in [1.165, 1.54) is 29.5 Å². The van der Waals surface area contributed by atoms with Gasteiger partial charge in [0.05, 0.1) is 17.4 Å². The molecule has 0 saturated heterocycles. The number of aromatic nitrogens is 6. The fraction of sp³-hybridized carbons (Fsp3) is 0.214. The van der Waals surface area contributed by atoms with E-state index in [1.54, 1.807) is 6.20 Å². The molecule has 0 aromatic carbocycles. The first-order valence-corrected chi connectivity index (χ1v) is 7.82. The third-order valence-corrected chi connectivity index (χ3v) is 3.25. The number of nitrogens with zero attached hydrogens (tertiary/aromatic N) is 6. The zero-order valence-electron chi connectivity index (χ0n) is 13.3. The van der Waals surface area contributed by atoms with Crippen molar-refractivity contribution in [2.75, 3.05) is 13.1 Å². The molecular weight excluding hydrogens is 364 g/mol. The number of nitrogens with one attached hydrogen (secondary N) is 2. The highest BCUT2D eigenvalue weighted by molar-refractivity contribution is 6.30. The van der Waals surface area contributed by atoms with Crippen LogP contribution in [0.1, 0.15) is 27.0 Å². The maximum Gasteiger partial charge on any atom is 0.316 e. The van der Waals surface area contributed by atoms with Crippen molar-refractivity contribution in [3.05, 3.63) is 53.4 Å². The second kappa shape index (κ2) is 8.16. The first-order chi connectivity index (χ1) is 12.6. The molecule has 134 valence electrons. The Morgan fingerprint density at radius 1 is 1.15 bits per heavy atom. The molecule has 0 atom stereocenters. The molecule has 3 rings (SSSR count). The van der Waals surface area contributed by atoms with Crippen LogP contribution in [0.2, 0.25) is 5.02 Å². The zero-order valence-corrected chi connectivity index (χ0v) is 14.0. The molecule has 3 aromatic rings. The standard InChI is InChI=1S/C14H13ClN8O3/c15-9-5-20-23(7-9)8-11-21-14(26-22-11)13(25)19-4-3-18-12(24)10-6-16-1-2-17-10/h1-2,5-7H,3-4,8H2,(H,18,24)(H,19,25). The third kappa shape index (κ3) is 4.60. The molecule has 3 heterocycles. The van der Waals surface area contributed by atoms with Gasteiger partial charge >= 0.3 is 11.8 Å². The molecule has 0 radical (unpaired) electrons. The molecule has 0 aliphatic carbocycles. The normalized spacial score (nSPS) is 10.5. The van der Waals surface area contributed by atoms with Crippen molar-refractivity contribution in [3.63, 3.8) is 0 Å². The van der Waals surface area contributed by atoms with Crippen molar-refractivity contribution in [3.8, 4) is 0 Å². The summed E-state index contributed by atoms with van der Waals surface area (Å²) in [5.74, 6) is -0.828. The molecule has 0 unspecified atom stereocenters. The molecular formula is C14H13ClN8O3. The number of hydrogen-bond donors (Lipinski definition) is 2. The molecule has 0 fully saturated rings. The van der Waals surface area contributed by atoms with E-state index in [2.05, 4.69) is 35.8 Å². The minimum Gasteiger partial charge on any atom is -0.349 e. The molecule has 11 nitrogen and oxygen atoms in total. The van der Waals surface area contributed by atoms with Crippen LogP contribution in [0.3, 0.4) is 0 Å². The average molecular weight is 377 g/mol. The van der Waals surface area contributed by atoms with E-state index in [0.717, 1.165) is 0 Å². The molecule has 2 N–H and O–H groups in total. The molecule has 0 spiro atoms. The van der Waals surface area contributed by atoms with Gasteiger partial charge in [-0.15, -0.1) is 0 Å². The van der Waals surface area contributed by atoms with Crippen LogP contribution < -0.4 is 10.6 Å². The highest BCUT2D eigenvalue weighted by atomic mass is 35.5. The maximum absolute atomic E-state index is 11.9. The van der Waals surface area contributed by atoms with Gasteiger partial charge in [0.25, 0.3) is 5.91 Å². The molecule has 0 bridgehead atoms. The maximum atomic E-state index is 11.9. The highest BCUT2D eigenvalue weighted by Gasteiger charge is 2.15. The van der Waals surface area contributed by atoms with E-state index in [-0.39, 0.29) is 43.0 Å². The van der Waals surface area contributed by atoms with E-state index < -0.39 is 5.91 Å². The summed E-state index contributed by atoms with van der Waals surface area (Å²) in [6, 6.07) is 0. The molecule has 3 aromatic heterocycles. The minimum atomic E-state index is -0.545. The summed E-state index contributed by atoms with van der Waals surface area (Å²) in [5, 5.41) is 13.3. The van der Waals surface area contributed by atoms with E-state index >= 15 is 0 Å². The largest absolute Gasteiger partial charge is 0.349 e. The van der Waals surface area contributed by atoms with Gasteiger partial charge < -0.3 is 15.2 Å². The van der Waals surface area contributed by atoms with Crippen LogP contribution in [0, 0.1) is 0 Å². The lowest BCUT2D eigenvalue weighted by atomic mass is 10.4. The molecule has 0 aliphatic heterocycles. The number of hydrogen-bond acceptors (Lipinski definition) is 8. The Kier molecular flexibility index (Phi) is 5.49. The second-order valence-electron chi connectivity index (χ2n) is 4.97. The van der Waals surface area contributed by atoms with Crippen molar-refractivity contribution in [2.24, 2.45) is 0 Å². The first-order valence-electron chi connectivity index (χ1n) is 7.45. The highest BCUT2D eigenvalue weighted by Crippen LogP contribution is 2.06. The smallest absolute Gasteiger partial charge is 0.316 e. The van der Waals surface area contributed by atoms with Gasteiger partial charge in [0, 0.05) is 31.7 Å². The number of rotatable bonds is 7. The van der Waals surface area contributed by atoms with Crippen LogP contribution in [0.4, 0.5) is 0 Å². The summed E-state index contributed by atoms with van der Waals surface area (Å²) in [6.45, 7) is 0.600. The Balaban J connectivity index is 1.43. The lowest BCUT2D eigenvalue weighted by molar-refractivity contribution is 0.0897. The van der Waals surface area contributed by atoms with Gasteiger partial charge in [-0.05, 0) is 0 Å². The molecule has 12 heteroatoms. The number of carbonyl (C=O) groups is 2. The van der Waals surface area contributed by atoms with E-state index in [4.69, 9.17) is 16.1 Å². The van der Waals surface area contributed by atoms with E-state index in [0.29, 0.717) is 5.02 Å². The second-order valence-corrected chi connectivity index (χ2v) is 5.41. The Hall–Kier alpha value is -3.34. The lowest BCUT2D eigenvalue weighted by Crippen LogP contribution is -2.35. The SMILES string of the molecule is O=C(NCCNC(=O)c1nc(Cn2cc(Cl)cn2)no1)c1cnccn1. The Morgan fingerprint density at radius 3 is 2.65 bits per heavy atom. The fourth-order valence-corrected chi connectivity index (χ4v) is 2.07. The summed E-state index contributed by atoms with van der Waals surface area (Å²) >= 11 is 5.77. The first kappa shape index (κ1) is 17.5. The monoisotopic (exact) mass is 376 g/mol. The van der Waals surface area contributed by atoms with Gasteiger partial charge in [0.1, 0.15) is 12.2 Å². The Bertz CT molecular complexity index is 895. The summed E-state index contributed by atoms with van der Waals surface area (Å²) < 4.78 is 6.41. The van der Waals surface area contributed by atoms with Gasteiger partial charge in [-0.25, -0.2) is 4.98 Å². The quantitative estimate of drug-likeness (QED) is 0.545. The van der Waals surface area contributed by atoms with Crippen LogP contribution in [0.25, 0.3) is 0 Å². The molecule has 0 saturated carbocycles. The number of carbonyl (C=O) groups excluding carboxylic acids is 2. The third-order valence-electron chi connectivity index (χ3n) is 3.06. The molecule has 26 heavy (non-hydrogen) atoms. The van der Waals surface area contributed by atoms with Gasteiger partial charge in [-0.1, -0.05) is 16.8 Å². The van der Waals surface area contributed by atoms with Crippen molar-refractivity contribution >= 4 is 23.4 Å². The van der Waals surface area contributed by atoms with Crippen molar-refractivity contribution in [2.45, 2.75) is 6.54 Å². The van der Waals surface area contributed by atoms with Crippen LogP contribution in [-0.2, 0) is 6.54 Å². The van der Waals surface area contributed by atoms with Crippen LogP contribution in [-0.4, -0.2) is 54.8 Å². The summed E-state index contributed by atoms with van der Waals surface area (Å²) in [5.41, 5.74) is 0.194. The lowest BCUT2D eigenvalue weighted by Gasteiger charge is -2.04. The minimum absolute atomic E-state index is 0.178. The van der Waals surface area contributed by atoms with Crippen LogP contribution >= 0.6 is 11.6 Å². The van der Waals surface area contributed by atoms with Gasteiger partial charge in [0.15, 0.2) is 5.82 Å². The van der Waals surface area contributed by atoms with Crippen LogP contribution in [0.15, 0.2) is 35.5 Å². The predicted molar refractivity (Wildman–Crippen MR) is 87.3 cm³/mol. The number of amides is 2. The number of halogens is 1. The predicted octanol–water partition coefficient (Wildman–Crippen LogP) is -0.0824.